The van der Waals surface area contributed by atoms with Crippen LogP contribution in [0.4, 0.5) is 0 Å². The smallest absolute Gasteiger partial charge is 0.0985 e. The summed E-state index contributed by atoms with van der Waals surface area (Å²) in [5.41, 5.74) is 4.35. The Balaban J connectivity index is 2.07. The molecule has 1 N–H and O–H groups in total. The fraction of sp³-hybridized carbons (Fsp3) is 0.438. The zero-order chi connectivity index (χ0) is 13.8. The molecule has 0 amide bonds. The number of benzene rings is 1. The topological polar surface area (TPSA) is 38.0 Å². The molecule has 0 aliphatic heterocycles. The van der Waals surface area contributed by atoms with Gasteiger partial charge in [0.05, 0.1) is 18.3 Å². The van der Waals surface area contributed by atoms with Crippen molar-refractivity contribution in [2.45, 2.75) is 46.3 Å². The van der Waals surface area contributed by atoms with Crippen LogP contribution in [0.3, 0.4) is 0 Å². The van der Waals surface area contributed by atoms with E-state index in [4.69, 9.17) is 0 Å². The van der Waals surface area contributed by atoms with E-state index in [1.54, 1.807) is 0 Å². The SMILES string of the molecule is CCCc1ccc(C(O)Cn2nc(C)cc2C)cc1. The largest absolute Gasteiger partial charge is 0.386 e. The van der Waals surface area contributed by atoms with Crippen LogP contribution < -0.4 is 0 Å². The molecule has 0 aliphatic rings. The van der Waals surface area contributed by atoms with E-state index >= 15 is 0 Å². The quantitative estimate of drug-likeness (QED) is 0.894. The summed E-state index contributed by atoms with van der Waals surface area (Å²) in [6.45, 7) is 6.66. The monoisotopic (exact) mass is 258 g/mol. The lowest BCUT2D eigenvalue weighted by Gasteiger charge is -2.13. The summed E-state index contributed by atoms with van der Waals surface area (Å²) in [7, 11) is 0. The van der Waals surface area contributed by atoms with Crippen LogP contribution in [-0.4, -0.2) is 14.9 Å². The fourth-order valence-corrected chi connectivity index (χ4v) is 2.32. The third kappa shape index (κ3) is 3.44. The van der Waals surface area contributed by atoms with E-state index < -0.39 is 6.10 Å². The maximum Gasteiger partial charge on any atom is 0.0985 e. The van der Waals surface area contributed by atoms with E-state index in [9.17, 15) is 5.11 Å². The van der Waals surface area contributed by atoms with Crippen LogP contribution in [-0.2, 0) is 13.0 Å². The number of hydrogen-bond donors (Lipinski definition) is 1. The highest BCUT2D eigenvalue weighted by atomic mass is 16.3. The number of aromatic nitrogens is 2. The van der Waals surface area contributed by atoms with Gasteiger partial charge in [-0.25, -0.2) is 0 Å². The van der Waals surface area contributed by atoms with E-state index in [0.29, 0.717) is 6.54 Å². The van der Waals surface area contributed by atoms with Gasteiger partial charge in [0.2, 0.25) is 0 Å². The molecule has 2 rings (SSSR count). The Bertz CT molecular complexity index is 528. The Morgan fingerprint density at radius 2 is 1.89 bits per heavy atom. The summed E-state index contributed by atoms with van der Waals surface area (Å²) in [5, 5.41) is 14.6. The van der Waals surface area contributed by atoms with Gasteiger partial charge in [0, 0.05) is 5.69 Å². The minimum Gasteiger partial charge on any atom is -0.386 e. The lowest BCUT2D eigenvalue weighted by Crippen LogP contribution is -2.11. The van der Waals surface area contributed by atoms with Gasteiger partial charge in [-0.3, -0.25) is 4.68 Å². The minimum absolute atomic E-state index is 0.506. The lowest BCUT2D eigenvalue weighted by atomic mass is 10.0. The highest BCUT2D eigenvalue weighted by Crippen LogP contribution is 2.17. The number of hydrogen-bond acceptors (Lipinski definition) is 2. The van der Waals surface area contributed by atoms with Gasteiger partial charge in [0.25, 0.3) is 0 Å². The van der Waals surface area contributed by atoms with Crippen LogP contribution in [0.2, 0.25) is 0 Å². The van der Waals surface area contributed by atoms with Crippen LogP contribution >= 0.6 is 0 Å². The van der Waals surface area contributed by atoms with Gasteiger partial charge in [0.15, 0.2) is 0 Å². The van der Waals surface area contributed by atoms with Crippen LogP contribution in [0.25, 0.3) is 0 Å². The van der Waals surface area contributed by atoms with Crippen LogP contribution in [0.15, 0.2) is 30.3 Å². The molecule has 102 valence electrons. The number of rotatable bonds is 5. The van der Waals surface area contributed by atoms with Gasteiger partial charge < -0.3 is 5.11 Å². The molecule has 0 bridgehead atoms. The molecule has 19 heavy (non-hydrogen) atoms. The maximum absolute atomic E-state index is 10.3. The Hall–Kier alpha value is -1.61. The van der Waals surface area contributed by atoms with Crippen molar-refractivity contribution in [1.29, 1.82) is 0 Å². The molecule has 0 spiro atoms. The van der Waals surface area contributed by atoms with E-state index in [1.807, 2.05) is 36.7 Å². The van der Waals surface area contributed by atoms with Gasteiger partial charge in [-0.05, 0) is 37.5 Å². The van der Waals surface area contributed by atoms with E-state index in [-0.39, 0.29) is 0 Å². The van der Waals surface area contributed by atoms with E-state index in [2.05, 4.69) is 24.2 Å². The van der Waals surface area contributed by atoms with Crippen molar-refractivity contribution < 1.29 is 5.11 Å². The predicted molar refractivity (Wildman–Crippen MR) is 77.1 cm³/mol. The number of aliphatic hydroxyl groups excluding tert-OH is 1. The standard InChI is InChI=1S/C16H22N2O/c1-4-5-14-6-8-15(9-7-14)16(19)11-18-13(3)10-12(2)17-18/h6-10,16,19H,4-5,11H2,1-3H3. The second-order valence-corrected chi connectivity index (χ2v) is 5.12. The first-order chi connectivity index (χ1) is 9.10. The van der Waals surface area contributed by atoms with Gasteiger partial charge in [-0.2, -0.15) is 5.10 Å². The summed E-state index contributed by atoms with van der Waals surface area (Å²) in [6, 6.07) is 10.3. The molecule has 1 atom stereocenters. The zero-order valence-electron chi connectivity index (χ0n) is 11.9. The van der Waals surface area contributed by atoms with Crippen molar-refractivity contribution in [3.05, 3.63) is 52.8 Å². The molecule has 0 saturated heterocycles. The molecule has 1 aromatic carbocycles. The van der Waals surface area contributed by atoms with Crippen LogP contribution in [0, 0.1) is 13.8 Å². The van der Waals surface area contributed by atoms with Crippen molar-refractivity contribution in [1.82, 2.24) is 9.78 Å². The molecule has 3 heteroatoms. The molecule has 3 nitrogen and oxygen atoms in total. The average Bonchev–Trinajstić information content (AvgIpc) is 2.69. The summed E-state index contributed by atoms with van der Waals surface area (Å²) in [6.07, 6.45) is 1.73. The van der Waals surface area contributed by atoms with Crippen LogP contribution in [0.5, 0.6) is 0 Å². The second kappa shape index (κ2) is 6.02. The van der Waals surface area contributed by atoms with Gasteiger partial charge in [0.1, 0.15) is 0 Å². The van der Waals surface area contributed by atoms with Crippen molar-refractivity contribution in [3.8, 4) is 0 Å². The van der Waals surface area contributed by atoms with Gasteiger partial charge >= 0.3 is 0 Å². The lowest BCUT2D eigenvalue weighted by molar-refractivity contribution is 0.150. The van der Waals surface area contributed by atoms with Crippen molar-refractivity contribution in [3.63, 3.8) is 0 Å². The number of aryl methyl sites for hydroxylation is 3. The third-order valence-corrected chi connectivity index (χ3v) is 3.35. The first kappa shape index (κ1) is 13.8. The normalized spacial score (nSPS) is 12.6. The van der Waals surface area contributed by atoms with Crippen molar-refractivity contribution in [2.24, 2.45) is 0 Å². The summed E-state index contributed by atoms with van der Waals surface area (Å²) < 4.78 is 1.86. The average molecular weight is 258 g/mol. The van der Waals surface area contributed by atoms with E-state index in [1.165, 1.54) is 5.56 Å². The fourth-order valence-electron chi connectivity index (χ4n) is 2.32. The number of aliphatic hydroxyl groups is 1. The molecule has 1 unspecified atom stereocenters. The Kier molecular flexibility index (Phi) is 4.38. The molecule has 0 radical (unpaired) electrons. The predicted octanol–water partition coefficient (Wildman–Crippen LogP) is 3.19. The highest BCUT2D eigenvalue weighted by Gasteiger charge is 2.10. The first-order valence-corrected chi connectivity index (χ1v) is 6.88. The number of nitrogens with zero attached hydrogens (tertiary/aromatic N) is 2. The highest BCUT2D eigenvalue weighted by molar-refractivity contribution is 5.24. The van der Waals surface area contributed by atoms with E-state index in [0.717, 1.165) is 29.8 Å². The second-order valence-electron chi connectivity index (χ2n) is 5.12. The summed E-state index contributed by atoms with van der Waals surface area (Å²) >= 11 is 0. The maximum atomic E-state index is 10.3. The van der Waals surface area contributed by atoms with Crippen LogP contribution in [0.1, 0.15) is 42.0 Å². The molecular weight excluding hydrogens is 236 g/mol. The minimum atomic E-state index is -0.506. The Labute approximate surface area is 114 Å². The molecule has 1 heterocycles. The van der Waals surface area contributed by atoms with Gasteiger partial charge in [-0.1, -0.05) is 37.6 Å². The molecule has 0 aliphatic carbocycles. The van der Waals surface area contributed by atoms with Crippen molar-refractivity contribution >= 4 is 0 Å². The zero-order valence-corrected chi connectivity index (χ0v) is 11.9. The third-order valence-electron chi connectivity index (χ3n) is 3.35. The van der Waals surface area contributed by atoms with Crippen molar-refractivity contribution in [2.75, 3.05) is 0 Å². The molecule has 0 fully saturated rings. The summed E-state index contributed by atoms with van der Waals surface area (Å²) in [5.74, 6) is 0. The Morgan fingerprint density at radius 3 is 2.42 bits per heavy atom. The summed E-state index contributed by atoms with van der Waals surface area (Å²) in [4.78, 5) is 0. The molecule has 1 aromatic heterocycles. The van der Waals surface area contributed by atoms with Gasteiger partial charge in [-0.15, -0.1) is 0 Å². The molecule has 0 saturated carbocycles. The molecular formula is C16H22N2O. The first-order valence-electron chi connectivity index (χ1n) is 6.88. The molecule has 2 aromatic rings. The Morgan fingerprint density at radius 1 is 1.21 bits per heavy atom.